The van der Waals surface area contributed by atoms with Gasteiger partial charge in [-0.3, -0.25) is 9.59 Å². The highest BCUT2D eigenvalue weighted by atomic mass is 16.6. The molecule has 0 aromatic carbocycles. The van der Waals surface area contributed by atoms with Crippen LogP contribution in [0.1, 0.15) is 39.0 Å². The standard InChI is InChI=1S/C18H29N5O3/c1-12(24)15-11-23(8-7-20-15)17-21-10-13(14(22-17)5-6-19)9-16(25)26-18(2,3)4/h10,15,20H,5-9,11,19H2,1-4H3/t15-/m0/s1. The highest BCUT2D eigenvalue weighted by molar-refractivity contribution is 5.82. The molecule has 8 nitrogen and oxygen atoms in total. The first kappa shape index (κ1) is 20.3. The Morgan fingerprint density at radius 1 is 1.42 bits per heavy atom. The van der Waals surface area contributed by atoms with Gasteiger partial charge in [0.2, 0.25) is 5.95 Å². The summed E-state index contributed by atoms with van der Waals surface area (Å²) in [5.41, 5.74) is 6.65. The molecular formula is C18H29N5O3. The zero-order valence-corrected chi connectivity index (χ0v) is 16.0. The summed E-state index contributed by atoms with van der Waals surface area (Å²) in [6.45, 7) is 9.45. The summed E-state index contributed by atoms with van der Waals surface area (Å²) in [6.07, 6.45) is 2.34. The smallest absolute Gasteiger partial charge is 0.310 e. The van der Waals surface area contributed by atoms with E-state index in [-0.39, 0.29) is 24.2 Å². The van der Waals surface area contributed by atoms with Gasteiger partial charge in [0.25, 0.3) is 0 Å². The molecule has 2 heterocycles. The molecule has 0 aliphatic carbocycles. The lowest BCUT2D eigenvalue weighted by molar-refractivity contribution is -0.153. The highest BCUT2D eigenvalue weighted by Gasteiger charge is 2.25. The van der Waals surface area contributed by atoms with Crippen LogP contribution < -0.4 is 16.0 Å². The summed E-state index contributed by atoms with van der Waals surface area (Å²) in [7, 11) is 0. The number of rotatable bonds is 6. The normalized spacial score (nSPS) is 17.9. The van der Waals surface area contributed by atoms with Crippen LogP contribution in [0.3, 0.4) is 0 Å². The molecule has 144 valence electrons. The molecule has 1 aliphatic rings. The maximum absolute atomic E-state index is 12.1. The van der Waals surface area contributed by atoms with Gasteiger partial charge in [0.15, 0.2) is 0 Å². The van der Waals surface area contributed by atoms with Crippen molar-refractivity contribution in [2.24, 2.45) is 5.73 Å². The molecule has 26 heavy (non-hydrogen) atoms. The summed E-state index contributed by atoms with van der Waals surface area (Å²) < 4.78 is 5.38. The number of esters is 1. The van der Waals surface area contributed by atoms with E-state index in [2.05, 4.69) is 15.3 Å². The molecule has 1 fully saturated rings. The molecule has 3 N–H and O–H groups in total. The van der Waals surface area contributed by atoms with E-state index in [1.165, 1.54) is 0 Å². The van der Waals surface area contributed by atoms with Gasteiger partial charge in [0.1, 0.15) is 11.4 Å². The van der Waals surface area contributed by atoms with E-state index in [1.807, 2.05) is 25.7 Å². The van der Waals surface area contributed by atoms with E-state index < -0.39 is 5.60 Å². The van der Waals surface area contributed by atoms with E-state index in [9.17, 15) is 9.59 Å². The van der Waals surface area contributed by atoms with Crippen LogP contribution in [0, 0.1) is 0 Å². The Hall–Kier alpha value is -2.06. The van der Waals surface area contributed by atoms with Crippen molar-refractivity contribution < 1.29 is 14.3 Å². The van der Waals surface area contributed by atoms with Gasteiger partial charge in [-0.05, 0) is 34.2 Å². The van der Waals surface area contributed by atoms with Crippen LogP contribution in [0.4, 0.5) is 5.95 Å². The minimum absolute atomic E-state index is 0.0958. The fourth-order valence-electron chi connectivity index (χ4n) is 2.82. The van der Waals surface area contributed by atoms with Crippen molar-refractivity contribution in [2.75, 3.05) is 31.1 Å². The van der Waals surface area contributed by atoms with Crippen molar-refractivity contribution in [1.29, 1.82) is 0 Å². The minimum Gasteiger partial charge on any atom is -0.460 e. The fourth-order valence-corrected chi connectivity index (χ4v) is 2.82. The molecule has 1 aliphatic heterocycles. The first-order valence-corrected chi connectivity index (χ1v) is 8.95. The minimum atomic E-state index is -0.533. The van der Waals surface area contributed by atoms with Crippen LogP contribution in [0.15, 0.2) is 6.20 Å². The quantitative estimate of drug-likeness (QED) is 0.691. The van der Waals surface area contributed by atoms with Gasteiger partial charge in [0.05, 0.1) is 18.2 Å². The third kappa shape index (κ3) is 5.74. The molecule has 2 rings (SSSR count). The number of Topliss-reactive ketones (excluding diaryl/α,β-unsaturated/α-hetero) is 1. The number of anilines is 1. The Morgan fingerprint density at radius 2 is 2.15 bits per heavy atom. The lowest BCUT2D eigenvalue weighted by Crippen LogP contribution is -2.54. The summed E-state index contributed by atoms with van der Waals surface area (Å²) >= 11 is 0. The highest BCUT2D eigenvalue weighted by Crippen LogP contribution is 2.17. The SMILES string of the molecule is CC(=O)[C@@H]1CN(c2ncc(CC(=O)OC(C)(C)C)c(CCN)n2)CCN1. The van der Waals surface area contributed by atoms with Crippen molar-refractivity contribution in [3.05, 3.63) is 17.5 Å². The van der Waals surface area contributed by atoms with Gasteiger partial charge in [0, 0.05) is 37.8 Å². The number of carbonyl (C=O) groups is 2. The second-order valence-corrected chi connectivity index (χ2v) is 7.51. The number of ketones is 1. The first-order chi connectivity index (χ1) is 12.2. The van der Waals surface area contributed by atoms with E-state index >= 15 is 0 Å². The van der Waals surface area contributed by atoms with E-state index in [1.54, 1.807) is 13.1 Å². The summed E-state index contributed by atoms with van der Waals surface area (Å²) in [4.78, 5) is 34.8. The number of carbonyl (C=O) groups excluding carboxylic acids is 2. The molecule has 0 spiro atoms. The Morgan fingerprint density at radius 3 is 2.77 bits per heavy atom. The number of nitrogens with zero attached hydrogens (tertiary/aromatic N) is 3. The van der Waals surface area contributed by atoms with E-state index in [0.29, 0.717) is 32.0 Å². The molecule has 1 aromatic rings. The lowest BCUT2D eigenvalue weighted by atomic mass is 10.1. The van der Waals surface area contributed by atoms with Gasteiger partial charge in [-0.15, -0.1) is 0 Å². The van der Waals surface area contributed by atoms with E-state index in [0.717, 1.165) is 17.8 Å². The van der Waals surface area contributed by atoms with Crippen molar-refractivity contribution in [3.63, 3.8) is 0 Å². The van der Waals surface area contributed by atoms with Gasteiger partial charge < -0.3 is 20.7 Å². The number of nitrogens with two attached hydrogens (primary N) is 1. The number of aromatic nitrogens is 2. The lowest BCUT2D eigenvalue weighted by Gasteiger charge is -2.32. The number of hydrogen-bond acceptors (Lipinski definition) is 8. The fraction of sp³-hybridized carbons (Fsp3) is 0.667. The average molecular weight is 363 g/mol. The predicted molar refractivity (Wildman–Crippen MR) is 99.0 cm³/mol. The topological polar surface area (TPSA) is 110 Å². The third-order valence-electron chi connectivity index (χ3n) is 4.03. The van der Waals surface area contributed by atoms with Crippen LogP contribution >= 0.6 is 0 Å². The van der Waals surface area contributed by atoms with Crippen LogP contribution in [0.5, 0.6) is 0 Å². The Labute approximate surface area is 154 Å². The summed E-state index contributed by atoms with van der Waals surface area (Å²) in [5.74, 6) is 0.346. The Balaban J connectivity index is 2.17. The zero-order chi connectivity index (χ0) is 19.3. The molecule has 1 atom stereocenters. The molecule has 1 saturated heterocycles. The van der Waals surface area contributed by atoms with Crippen molar-refractivity contribution in [2.45, 2.75) is 52.2 Å². The van der Waals surface area contributed by atoms with Crippen LogP contribution in [-0.2, 0) is 27.2 Å². The largest absolute Gasteiger partial charge is 0.460 e. The monoisotopic (exact) mass is 363 g/mol. The molecule has 0 radical (unpaired) electrons. The summed E-state index contributed by atoms with van der Waals surface area (Å²) in [6, 6.07) is -0.216. The number of nitrogens with one attached hydrogen (secondary N) is 1. The van der Waals surface area contributed by atoms with E-state index in [4.69, 9.17) is 10.5 Å². The van der Waals surface area contributed by atoms with Crippen LogP contribution in [0.2, 0.25) is 0 Å². The average Bonchev–Trinajstić information content (AvgIpc) is 2.55. The number of piperazine rings is 1. The Bertz CT molecular complexity index is 657. The van der Waals surface area contributed by atoms with Gasteiger partial charge in [-0.2, -0.15) is 0 Å². The predicted octanol–water partition coefficient (Wildman–Crippen LogP) is 0.229. The maximum atomic E-state index is 12.1. The molecule has 1 aromatic heterocycles. The second kappa shape index (κ2) is 8.55. The molecule has 0 unspecified atom stereocenters. The third-order valence-corrected chi connectivity index (χ3v) is 4.03. The van der Waals surface area contributed by atoms with Crippen LogP contribution in [0.25, 0.3) is 0 Å². The second-order valence-electron chi connectivity index (χ2n) is 7.51. The molecular weight excluding hydrogens is 334 g/mol. The van der Waals surface area contributed by atoms with Crippen LogP contribution in [-0.4, -0.2) is 59.5 Å². The number of hydrogen-bond donors (Lipinski definition) is 2. The first-order valence-electron chi connectivity index (χ1n) is 8.95. The van der Waals surface area contributed by atoms with Gasteiger partial charge in [-0.1, -0.05) is 0 Å². The van der Waals surface area contributed by atoms with Crippen molar-refractivity contribution >= 4 is 17.7 Å². The molecule has 0 bridgehead atoms. The molecule has 8 heteroatoms. The Kier molecular flexibility index (Phi) is 6.66. The van der Waals surface area contributed by atoms with Crippen molar-refractivity contribution in [3.8, 4) is 0 Å². The number of ether oxygens (including phenoxy) is 1. The van der Waals surface area contributed by atoms with Crippen molar-refractivity contribution in [1.82, 2.24) is 15.3 Å². The zero-order valence-electron chi connectivity index (χ0n) is 16.0. The summed E-state index contributed by atoms with van der Waals surface area (Å²) in [5, 5.41) is 3.19. The molecule has 0 saturated carbocycles. The van der Waals surface area contributed by atoms with Gasteiger partial charge >= 0.3 is 5.97 Å². The van der Waals surface area contributed by atoms with Gasteiger partial charge in [-0.25, -0.2) is 9.97 Å². The molecule has 0 amide bonds. The maximum Gasteiger partial charge on any atom is 0.310 e.